The van der Waals surface area contributed by atoms with E-state index in [2.05, 4.69) is 66.8 Å². The molecule has 1 aliphatic rings. The molecule has 5 nitrogen and oxygen atoms in total. The number of halogens is 1. The first-order valence-corrected chi connectivity index (χ1v) is 12.3. The normalized spacial score (nSPS) is 17.6. The summed E-state index contributed by atoms with van der Waals surface area (Å²) in [5, 5.41) is 15.3. The van der Waals surface area contributed by atoms with Crippen molar-refractivity contribution in [3.8, 4) is 11.4 Å². The van der Waals surface area contributed by atoms with E-state index in [-0.39, 0.29) is 17.8 Å². The molecule has 2 N–H and O–H groups in total. The van der Waals surface area contributed by atoms with E-state index in [0.717, 1.165) is 22.6 Å². The van der Waals surface area contributed by atoms with Gasteiger partial charge in [0.2, 0.25) is 0 Å². The molecule has 2 atom stereocenters. The molecule has 3 heterocycles. The van der Waals surface area contributed by atoms with E-state index >= 15 is 0 Å². The number of aromatic nitrogens is 2. The van der Waals surface area contributed by atoms with E-state index < -0.39 is 0 Å². The Morgan fingerprint density at radius 3 is 2.40 bits per heavy atom. The van der Waals surface area contributed by atoms with Crippen LogP contribution in [0.3, 0.4) is 0 Å². The van der Waals surface area contributed by atoms with E-state index in [1.165, 1.54) is 16.8 Å². The highest BCUT2D eigenvalue weighted by Gasteiger charge is 2.43. The van der Waals surface area contributed by atoms with Crippen LogP contribution < -0.4 is 10.2 Å². The molecule has 0 aliphatic carbocycles. The van der Waals surface area contributed by atoms with Crippen molar-refractivity contribution < 1.29 is 5.11 Å². The van der Waals surface area contributed by atoms with Crippen molar-refractivity contribution in [1.29, 1.82) is 0 Å². The number of hydrogen-bond acceptors (Lipinski definition) is 3. The highest BCUT2D eigenvalue weighted by Crippen LogP contribution is 2.46. The van der Waals surface area contributed by atoms with Gasteiger partial charge in [-0.05, 0) is 93.0 Å². The van der Waals surface area contributed by atoms with Crippen LogP contribution in [0.5, 0.6) is 5.75 Å². The Bertz CT molecular complexity index is 1410. The summed E-state index contributed by atoms with van der Waals surface area (Å²) in [7, 11) is 0. The fourth-order valence-electron chi connectivity index (χ4n) is 5.21. The van der Waals surface area contributed by atoms with Gasteiger partial charge in [-0.3, -0.25) is 4.98 Å². The minimum absolute atomic E-state index is 0.119. The van der Waals surface area contributed by atoms with Crippen LogP contribution in [0.25, 0.3) is 5.69 Å². The van der Waals surface area contributed by atoms with Gasteiger partial charge in [0, 0.05) is 22.6 Å². The minimum Gasteiger partial charge on any atom is -0.506 e. The van der Waals surface area contributed by atoms with Crippen molar-refractivity contribution in [1.82, 2.24) is 14.9 Å². The number of nitrogens with zero attached hydrogens (tertiary/aromatic N) is 3. The number of phenolic OH excluding ortho intramolecular Hbond substituents is 1. The molecule has 4 aromatic rings. The van der Waals surface area contributed by atoms with Crippen LogP contribution in [0.4, 0.5) is 5.69 Å². The molecule has 0 amide bonds. The Kier molecular flexibility index (Phi) is 6.03. The SMILES string of the molecule is Cc1cccc(C)c1-n1c(C)cc([C@@H]2[C@H](c3ccccn3)NC(=S)N2c2cc(Cl)ccc2O)c1C. The number of pyridine rings is 1. The van der Waals surface area contributed by atoms with E-state index in [0.29, 0.717) is 15.8 Å². The largest absolute Gasteiger partial charge is 0.506 e. The Balaban J connectivity index is 1.74. The Labute approximate surface area is 216 Å². The van der Waals surface area contributed by atoms with Gasteiger partial charge in [0.1, 0.15) is 5.75 Å². The highest BCUT2D eigenvalue weighted by molar-refractivity contribution is 7.80. The Hall–Kier alpha value is -3.35. The lowest BCUT2D eigenvalue weighted by Crippen LogP contribution is -2.29. The molecule has 0 unspecified atom stereocenters. The predicted octanol–water partition coefficient (Wildman–Crippen LogP) is 6.64. The van der Waals surface area contributed by atoms with E-state index in [1.807, 2.05) is 23.1 Å². The maximum atomic E-state index is 10.8. The summed E-state index contributed by atoms with van der Waals surface area (Å²) < 4.78 is 2.31. The van der Waals surface area contributed by atoms with Gasteiger partial charge in [0.05, 0.1) is 29.2 Å². The third-order valence-corrected chi connectivity index (χ3v) is 7.30. The van der Waals surface area contributed by atoms with Crippen LogP contribution in [0.2, 0.25) is 5.02 Å². The first-order valence-electron chi connectivity index (χ1n) is 11.5. The molecule has 7 heteroatoms. The second-order valence-corrected chi connectivity index (χ2v) is 9.86. The first kappa shape index (κ1) is 23.4. The zero-order chi connectivity index (χ0) is 24.9. The molecule has 178 valence electrons. The second-order valence-electron chi connectivity index (χ2n) is 9.03. The zero-order valence-corrected chi connectivity index (χ0v) is 21.7. The second kappa shape index (κ2) is 9.02. The van der Waals surface area contributed by atoms with Gasteiger partial charge in [-0.2, -0.15) is 0 Å². The van der Waals surface area contributed by atoms with Crippen molar-refractivity contribution >= 4 is 34.6 Å². The maximum absolute atomic E-state index is 10.8. The number of rotatable bonds is 4. The first-order chi connectivity index (χ1) is 16.8. The van der Waals surface area contributed by atoms with Crippen molar-refractivity contribution in [2.45, 2.75) is 39.8 Å². The number of hydrogen-bond donors (Lipinski definition) is 2. The number of anilines is 1. The highest BCUT2D eigenvalue weighted by atomic mass is 35.5. The molecular formula is C28H27ClN4OS. The monoisotopic (exact) mass is 502 g/mol. The average molecular weight is 503 g/mol. The van der Waals surface area contributed by atoms with Gasteiger partial charge in [0.15, 0.2) is 5.11 Å². The van der Waals surface area contributed by atoms with Crippen LogP contribution in [0.1, 0.15) is 45.9 Å². The van der Waals surface area contributed by atoms with Crippen molar-refractivity contribution in [3.63, 3.8) is 0 Å². The molecule has 35 heavy (non-hydrogen) atoms. The third kappa shape index (κ3) is 3.97. The number of phenols is 1. The summed E-state index contributed by atoms with van der Waals surface area (Å²) in [6.45, 7) is 8.54. The molecule has 0 bridgehead atoms. The van der Waals surface area contributed by atoms with E-state index in [4.69, 9.17) is 23.8 Å². The number of aromatic hydroxyl groups is 1. The fourth-order valence-corrected chi connectivity index (χ4v) is 5.71. The van der Waals surface area contributed by atoms with Gasteiger partial charge >= 0.3 is 0 Å². The molecule has 1 fully saturated rings. The van der Waals surface area contributed by atoms with E-state index in [1.54, 1.807) is 24.4 Å². The van der Waals surface area contributed by atoms with Crippen molar-refractivity contribution in [2.75, 3.05) is 4.90 Å². The number of nitrogens with one attached hydrogen (secondary N) is 1. The van der Waals surface area contributed by atoms with Crippen LogP contribution in [-0.2, 0) is 0 Å². The number of para-hydroxylation sites is 1. The minimum atomic E-state index is -0.244. The molecule has 1 saturated heterocycles. The summed E-state index contributed by atoms with van der Waals surface area (Å²) >= 11 is 12.2. The van der Waals surface area contributed by atoms with Gasteiger partial charge in [-0.1, -0.05) is 35.9 Å². The number of aryl methyl sites for hydroxylation is 3. The summed E-state index contributed by atoms with van der Waals surface area (Å²) in [5.41, 5.74) is 8.40. The van der Waals surface area contributed by atoms with Crippen LogP contribution in [0, 0.1) is 27.7 Å². The van der Waals surface area contributed by atoms with Gasteiger partial charge in [-0.15, -0.1) is 0 Å². The lowest BCUT2D eigenvalue weighted by atomic mass is 9.96. The van der Waals surface area contributed by atoms with Gasteiger partial charge in [-0.25, -0.2) is 0 Å². The summed E-state index contributed by atoms with van der Waals surface area (Å²) in [6.07, 6.45) is 1.79. The zero-order valence-electron chi connectivity index (χ0n) is 20.1. The quantitative estimate of drug-likeness (QED) is 0.306. The Morgan fingerprint density at radius 1 is 0.971 bits per heavy atom. The maximum Gasteiger partial charge on any atom is 0.174 e. The molecular weight excluding hydrogens is 476 g/mol. The van der Waals surface area contributed by atoms with Gasteiger partial charge < -0.3 is 19.9 Å². The number of thiocarbonyl (C=S) groups is 1. The number of benzene rings is 2. The lowest BCUT2D eigenvalue weighted by Gasteiger charge is -2.29. The van der Waals surface area contributed by atoms with Gasteiger partial charge in [0.25, 0.3) is 0 Å². The summed E-state index contributed by atoms with van der Waals surface area (Å²) in [4.78, 5) is 6.61. The topological polar surface area (TPSA) is 53.3 Å². The van der Waals surface area contributed by atoms with Crippen LogP contribution in [0.15, 0.2) is 66.9 Å². The smallest absolute Gasteiger partial charge is 0.174 e. The van der Waals surface area contributed by atoms with Crippen molar-refractivity contribution in [2.24, 2.45) is 0 Å². The summed E-state index contributed by atoms with van der Waals surface area (Å²) in [5.74, 6) is 0.119. The summed E-state index contributed by atoms with van der Waals surface area (Å²) in [6, 6.07) is 19.0. The molecule has 1 aliphatic heterocycles. The van der Waals surface area contributed by atoms with Crippen LogP contribution in [-0.4, -0.2) is 19.8 Å². The molecule has 2 aromatic heterocycles. The van der Waals surface area contributed by atoms with E-state index in [9.17, 15) is 5.11 Å². The fraction of sp³-hybridized carbons (Fsp3) is 0.214. The Morgan fingerprint density at radius 2 is 1.71 bits per heavy atom. The molecule has 5 rings (SSSR count). The standard InChI is InChI=1S/C28H27ClN4OS/c1-16-8-7-9-17(2)26(16)32-18(3)14-21(19(32)4)27-25(22-10-5-6-13-30-22)31-28(35)33(27)23-15-20(29)11-12-24(23)34/h5-15,25,27,34H,1-4H3,(H,31,35)/t25-,27+/m0/s1. The molecule has 0 radical (unpaired) electrons. The third-order valence-electron chi connectivity index (χ3n) is 6.75. The predicted molar refractivity (Wildman–Crippen MR) is 146 cm³/mol. The molecule has 2 aromatic carbocycles. The molecule has 0 saturated carbocycles. The lowest BCUT2D eigenvalue weighted by molar-refractivity contribution is 0.472. The van der Waals surface area contributed by atoms with Crippen molar-refractivity contribution in [3.05, 3.63) is 106 Å². The average Bonchev–Trinajstić information content (AvgIpc) is 3.32. The molecule has 0 spiro atoms. The van der Waals surface area contributed by atoms with Crippen LogP contribution >= 0.6 is 23.8 Å².